The van der Waals surface area contributed by atoms with Gasteiger partial charge >= 0.3 is 5.97 Å². The first-order valence-electron chi connectivity index (χ1n) is 8.77. The van der Waals surface area contributed by atoms with Gasteiger partial charge in [0.1, 0.15) is 11.6 Å². The molecular formula is C20H20ClFN2O4. The van der Waals surface area contributed by atoms with E-state index in [9.17, 15) is 14.0 Å². The van der Waals surface area contributed by atoms with Crippen LogP contribution in [-0.4, -0.2) is 56.7 Å². The summed E-state index contributed by atoms with van der Waals surface area (Å²) in [5.41, 5.74) is 1.24. The van der Waals surface area contributed by atoms with E-state index in [1.54, 1.807) is 17.0 Å². The second kappa shape index (κ2) is 8.93. The molecule has 6 nitrogen and oxygen atoms in total. The Kier molecular flexibility index (Phi) is 6.36. The van der Waals surface area contributed by atoms with Crippen LogP contribution in [0.4, 0.5) is 10.1 Å². The molecule has 0 saturated carbocycles. The van der Waals surface area contributed by atoms with E-state index >= 15 is 0 Å². The number of piperazine rings is 1. The Morgan fingerprint density at radius 3 is 2.36 bits per heavy atom. The summed E-state index contributed by atoms with van der Waals surface area (Å²) in [6, 6.07) is 10.8. The van der Waals surface area contributed by atoms with Crippen LogP contribution in [0.15, 0.2) is 42.5 Å². The van der Waals surface area contributed by atoms with Gasteiger partial charge in [-0.05, 0) is 42.5 Å². The molecule has 2 aromatic rings. The standard InChI is InChI=1S/C20H20ClFN2O4/c1-27-20(26)14-2-7-18(17(21)12-14)28-13-19(25)24-10-8-23(9-11-24)16-5-3-15(22)4-6-16/h2-7,12H,8-11,13H2,1H3. The molecule has 1 fully saturated rings. The third-order valence-electron chi connectivity index (χ3n) is 4.53. The zero-order chi connectivity index (χ0) is 20.1. The van der Waals surface area contributed by atoms with Crippen LogP contribution < -0.4 is 9.64 Å². The lowest BCUT2D eigenvalue weighted by Crippen LogP contribution is -2.50. The Morgan fingerprint density at radius 2 is 1.75 bits per heavy atom. The van der Waals surface area contributed by atoms with Crippen LogP contribution in [0.2, 0.25) is 5.02 Å². The van der Waals surface area contributed by atoms with E-state index in [0.717, 1.165) is 5.69 Å². The molecule has 0 aromatic heterocycles. The summed E-state index contributed by atoms with van der Waals surface area (Å²) in [5.74, 6) is -0.587. The Labute approximate surface area is 167 Å². The molecule has 3 rings (SSSR count). The monoisotopic (exact) mass is 406 g/mol. The molecule has 28 heavy (non-hydrogen) atoms. The summed E-state index contributed by atoms with van der Waals surface area (Å²) in [6.07, 6.45) is 0. The number of benzene rings is 2. The molecule has 0 unspecified atom stereocenters. The van der Waals surface area contributed by atoms with Crippen molar-refractivity contribution >= 4 is 29.2 Å². The average Bonchev–Trinajstić information content (AvgIpc) is 2.72. The number of amides is 1. The third kappa shape index (κ3) is 4.72. The predicted octanol–water partition coefficient (Wildman–Crippen LogP) is 2.99. The molecule has 0 aliphatic carbocycles. The lowest BCUT2D eigenvalue weighted by atomic mass is 10.2. The van der Waals surface area contributed by atoms with Gasteiger partial charge in [0.2, 0.25) is 0 Å². The highest BCUT2D eigenvalue weighted by atomic mass is 35.5. The Bertz CT molecular complexity index is 852. The van der Waals surface area contributed by atoms with Gasteiger partial charge in [0.25, 0.3) is 5.91 Å². The Morgan fingerprint density at radius 1 is 1.07 bits per heavy atom. The van der Waals surface area contributed by atoms with Crippen molar-refractivity contribution in [2.75, 3.05) is 44.8 Å². The van der Waals surface area contributed by atoms with Crippen molar-refractivity contribution in [2.24, 2.45) is 0 Å². The number of methoxy groups -OCH3 is 1. The minimum Gasteiger partial charge on any atom is -0.482 e. The smallest absolute Gasteiger partial charge is 0.337 e. The quantitative estimate of drug-likeness (QED) is 0.714. The molecule has 1 aliphatic heterocycles. The van der Waals surface area contributed by atoms with Crippen molar-refractivity contribution in [1.29, 1.82) is 0 Å². The lowest BCUT2D eigenvalue weighted by Gasteiger charge is -2.36. The normalized spacial score (nSPS) is 14.0. The van der Waals surface area contributed by atoms with E-state index in [1.807, 2.05) is 0 Å². The van der Waals surface area contributed by atoms with Crippen molar-refractivity contribution in [3.8, 4) is 5.75 Å². The molecule has 8 heteroatoms. The first-order chi connectivity index (χ1) is 13.5. The molecule has 2 aromatic carbocycles. The summed E-state index contributed by atoms with van der Waals surface area (Å²) in [4.78, 5) is 27.7. The van der Waals surface area contributed by atoms with Gasteiger partial charge in [-0.15, -0.1) is 0 Å². The highest BCUT2D eigenvalue weighted by Gasteiger charge is 2.22. The van der Waals surface area contributed by atoms with Crippen LogP contribution in [0.25, 0.3) is 0 Å². The van der Waals surface area contributed by atoms with E-state index in [-0.39, 0.29) is 23.4 Å². The first-order valence-corrected chi connectivity index (χ1v) is 9.14. The van der Waals surface area contributed by atoms with E-state index in [2.05, 4.69) is 9.64 Å². The predicted molar refractivity (Wildman–Crippen MR) is 103 cm³/mol. The highest BCUT2D eigenvalue weighted by molar-refractivity contribution is 6.32. The summed E-state index contributed by atoms with van der Waals surface area (Å²) < 4.78 is 23.2. The number of ether oxygens (including phenoxy) is 2. The summed E-state index contributed by atoms with van der Waals surface area (Å²) in [6.45, 7) is 2.27. The molecule has 1 heterocycles. The number of rotatable bonds is 5. The van der Waals surface area contributed by atoms with Crippen molar-refractivity contribution in [2.45, 2.75) is 0 Å². The van der Waals surface area contributed by atoms with Gasteiger partial charge < -0.3 is 19.3 Å². The molecule has 0 N–H and O–H groups in total. The molecule has 0 spiro atoms. The van der Waals surface area contributed by atoms with Gasteiger partial charge in [0.05, 0.1) is 17.7 Å². The molecule has 0 atom stereocenters. The fourth-order valence-electron chi connectivity index (χ4n) is 2.96. The number of esters is 1. The van der Waals surface area contributed by atoms with Gasteiger partial charge in [-0.3, -0.25) is 4.79 Å². The minimum atomic E-state index is -0.497. The molecule has 0 bridgehead atoms. The molecular weight excluding hydrogens is 387 g/mol. The summed E-state index contributed by atoms with van der Waals surface area (Å²) >= 11 is 6.11. The number of anilines is 1. The van der Waals surface area contributed by atoms with Gasteiger partial charge in [-0.1, -0.05) is 11.6 Å². The van der Waals surface area contributed by atoms with E-state index in [4.69, 9.17) is 16.3 Å². The summed E-state index contributed by atoms with van der Waals surface area (Å²) in [7, 11) is 1.29. The maximum absolute atomic E-state index is 13.0. The van der Waals surface area contributed by atoms with Gasteiger partial charge in [0.15, 0.2) is 6.61 Å². The number of hydrogen-bond donors (Lipinski definition) is 0. The largest absolute Gasteiger partial charge is 0.482 e. The van der Waals surface area contributed by atoms with Crippen molar-refractivity contribution in [3.05, 3.63) is 58.9 Å². The van der Waals surface area contributed by atoms with Crippen LogP contribution in [0.5, 0.6) is 5.75 Å². The van der Waals surface area contributed by atoms with Gasteiger partial charge in [-0.2, -0.15) is 0 Å². The second-order valence-electron chi connectivity index (χ2n) is 6.27. The Balaban J connectivity index is 1.51. The molecule has 1 aliphatic rings. The van der Waals surface area contributed by atoms with Crippen LogP contribution in [-0.2, 0) is 9.53 Å². The fraction of sp³-hybridized carbons (Fsp3) is 0.300. The van der Waals surface area contributed by atoms with Crippen LogP contribution in [0, 0.1) is 5.82 Å². The number of carbonyl (C=O) groups excluding carboxylic acids is 2. The maximum Gasteiger partial charge on any atom is 0.337 e. The van der Waals surface area contributed by atoms with E-state index < -0.39 is 5.97 Å². The Hall–Kier alpha value is -2.80. The van der Waals surface area contributed by atoms with Crippen LogP contribution in [0.1, 0.15) is 10.4 Å². The zero-order valence-electron chi connectivity index (χ0n) is 15.4. The zero-order valence-corrected chi connectivity index (χ0v) is 16.1. The topological polar surface area (TPSA) is 59.1 Å². The number of carbonyl (C=O) groups is 2. The number of nitrogens with zero attached hydrogens (tertiary/aromatic N) is 2. The van der Waals surface area contributed by atoms with Crippen LogP contribution >= 0.6 is 11.6 Å². The minimum absolute atomic E-state index is 0.145. The second-order valence-corrected chi connectivity index (χ2v) is 6.68. The highest BCUT2D eigenvalue weighted by Crippen LogP contribution is 2.26. The third-order valence-corrected chi connectivity index (χ3v) is 4.82. The SMILES string of the molecule is COC(=O)c1ccc(OCC(=O)N2CCN(c3ccc(F)cc3)CC2)c(Cl)c1. The number of hydrogen-bond acceptors (Lipinski definition) is 5. The molecule has 0 radical (unpaired) electrons. The lowest BCUT2D eigenvalue weighted by molar-refractivity contribution is -0.133. The first kappa shape index (κ1) is 19.9. The van der Waals surface area contributed by atoms with Crippen molar-refractivity contribution in [1.82, 2.24) is 4.90 Å². The average molecular weight is 407 g/mol. The van der Waals surface area contributed by atoms with Crippen molar-refractivity contribution in [3.63, 3.8) is 0 Å². The molecule has 1 amide bonds. The van der Waals surface area contributed by atoms with E-state index in [1.165, 1.54) is 37.4 Å². The van der Waals surface area contributed by atoms with Crippen molar-refractivity contribution < 1.29 is 23.5 Å². The summed E-state index contributed by atoms with van der Waals surface area (Å²) in [5, 5.41) is 0.233. The van der Waals surface area contributed by atoms with E-state index in [0.29, 0.717) is 37.5 Å². The fourth-order valence-corrected chi connectivity index (χ4v) is 3.19. The molecule has 148 valence electrons. The number of halogens is 2. The maximum atomic E-state index is 13.0. The van der Waals surface area contributed by atoms with Gasteiger partial charge in [-0.25, -0.2) is 9.18 Å². The van der Waals surface area contributed by atoms with Gasteiger partial charge in [0, 0.05) is 31.9 Å². The molecule has 1 saturated heterocycles. The van der Waals surface area contributed by atoms with Crippen LogP contribution in [0.3, 0.4) is 0 Å².